The van der Waals surface area contributed by atoms with E-state index in [0.29, 0.717) is 6.54 Å². The van der Waals surface area contributed by atoms with Crippen LogP contribution < -0.4 is 0 Å². The summed E-state index contributed by atoms with van der Waals surface area (Å²) in [5.41, 5.74) is 4.70. The number of fused-ring (bicyclic) bond motifs is 3. The van der Waals surface area contributed by atoms with Crippen LogP contribution in [0.5, 0.6) is 0 Å². The van der Waals surface area contributed by atoms with Crippen molar-refractivity contribution in [2.75, 3.05) is 19.7 Å². The molecule has 4 heteroatoms. The maximum atomic E-state index is 12.8. The second-order valence-electron chi connectivity index (χ2n) is 6.99. The molecule has 1 unspecified atom stereocenters. The number of aliphatic hydroxyl groups excluding tert-OH is 1. The van der Waals surface area contributed by atoms with Gasteiger partial charge in [-0.25, -0.2) is 0 Å². The lowest BCUT2D eigenvalue weighted by Crippen LogP contribution is -2.40. The first kappa shape index (κ1) is 14.8. The van der Waals surface area contributed by atoms with E-state index >= 15 is 0 Å². The summed E-state index contributed by atoms with van der Waals surface area (Å²) < 4.78 is 0. The quantitative estimate of drug-likeness (QED) is 0.896. The number of H-pyrrole nitrogens is 1. The lowest BCUT2D eigenvalue weighted by molar-refractivity contribution is 0.0621. The van der Waals surface area contributed by atoms with Crippen LogP contribution in [0.1, 0.15) is 47.3 Å². The Balaban J connectivity index is 1.64. The van der Waals surface area contributed by atoms with Gasteiger partial charge in [0, 0.05) is 41.9 Å². The normalized spacial score (nSPS) is 21.4. The molecule has 1 aromatic carbocycles. The van der Waals surface area contributed by atoms with E-state index in [2.05, 4.69) is 11.1 Å². The number of aryl methyl sites for hydroxylation is 2. The number of hydrogen-bond donors (Lipinski definition) is 2. The lowest BCUT2D eigenvalue weighted by atomic mass is 9.94. The molecule has 2 aromatic rings. The Morgan fingerprint density at radius 1 is 1.26 bits per heavy atom. The smallest absolute Gasteiger partial charge is 0.253 e. The number of aromatic amines is 1. The number of carbonyl (C=O) groups excluding carboxylic acids is 1. The molecule has 1 fully saturated rings. The second-order valence-corrected chi connectivity index (χ2v) is 6.99. The monoisotopic (exact) mass is 312 g/mol. The zero-order valence-electron chi connectivity index (χ0n) is 13.5. The number of rotatable bonds is 2. The number of piperidine rings is 1. The third kappa shape index (κ3) is 2.65. The molecule has 2 heterocycles. The van der Waals surface area contributed by atoms with Crippen molar-refractivity contribution in [3.63, 3.8) is 0 Å². The van der Waals surface area contributed by atoms with Crippen LogP contribution in [0.4, 0.5) is 0 Å². The summed E-state index contributed by atoms with van der Waals surface area (Å²) in [7, 11) is 0. The Morgan fingerprint density at radius 3 is 3.00 bits per heavy atom. The van der Waals surface area contributed by atoms with Crippen LogP contribution in [0.25, 0.3) is 10.9 Å². The molecule has 2 N–H and O–H groups in total. The van der Waals surface area contributed by atoms with Crippen molar-refractivity contribution in [2.24, 2.45) is 5.92 Å². The largest absolute Gasteiger partial charge is 0.396 e. The molecule has 0 bridgehead atoms. The summed E-state index contributed by atoms with van der Waals surface area (Å²) in [6, 6.07) is 6.06. The number of likely N-dealkylation sites (tertiary alicyclic amines) is 1. The van der Waals surface area contributed by atoms with Gasteiger partial charge in [0.25, 0.3) is 5.91 Å². The fraction of sp³-hybridized carbons (Fsp3) is 0.526. The fourth-order valence-corrected chi connectivity index (χ4v) is 4.12. The third-order valence-electron chi connectivity index (χ3n) is 5.41. The lowest BCUT2D eigenvalue weighted by Gasteiger charge is -2.32. The van der Waals surface area contributed by atoms with Crippen LogP contribution in [0, 0.1) is 5.92 Å². The SMILES string of the molecule is O=C(c1ccc2[nH]c3c(c2c1)CCCC3)N1CCCC(CO)C1. The van der Waals surface area contributed by atoms with E-state index < -0.39 is 0 Å². The molecule has 1 aromatic heterocycles. The highest BCUT2D eigenvalue weighted by Crippen LogP contribution is 2.30. The highest BCUT2D eigenvalue weighted by atomic mass is 16.3. The van der Waals surface area contributed by atoms with E-state index in [4.69, 9.17) is 0 Å². The van der Waals surface area contributed by atoms with Crippen molar-refractivity contribution in [3.8, 4) is 0 Å². The number of aromatic nitrogens is 1. The predicted molar refractivity (Wildman–Crippen MR) is 90.7 cm³/mol. The number of amides is 1. The van der Waals surface area contributed by atoms with Crippen LogP contribution in [0.15, 0.2) is 18.2 Å². The van der Waals surface area contributed by atoms with Gasteiger partial charge in [-0.1, -0.05) is 0 Å². The molecule has 1 aliphatic heterocycles. The van der Waals surface area contributed by atoms with Crippen LogP contribution >= 0.6 is 0 Å². The van der Waals surface area contributed by atoms with Gasteiger partial charge in [-0.2, -0.15) is 0 Å². The van der Waals surface area contributed by atoms with Crippen molar-refractivity contribution >= 4 is 16.8 Å². The molecule has 1 atom stereocenters. The zero-order valence-corrected chi connectivity index (χ0v) is 13.5. The number of nitrogens with zero attached hydrogens (tertiary/aromatic N) is 1. The Morgan fingerprint density at radius 2 is 2.13 bits per heavy atom. The molecule has 1 aliphatic carbocycles. The van der Waals surface area contributed by atoms with Gasteiger partial charge in [0.1, 0.15) is 0 Å². The number of aliphatic hydroxyl groups is 1. The third-order valence-corrected chi connectivity index (χ3v) is 5.41. The first-order valence-corrected chi connectivity index (χ1v) is 8.80. The summed E-state index contributed by atoms with van der Waals surface area (Å²) in [5.74, 6) is 0.340. The zero-order chi connectivity index (χ0) is 15.8. The van der Waals surface area contributed by atoms with Gasteiger partial charge in [0.2, 0.25) is 0 Å². The summed E-state index contributed by atoms with van der Waals surface area (Å²) in [6.07, 6.45) is 6.73. The molecule has 23 heavy (non-hydrogen) atoms. The first-order chi connectivity index (χ1) is 11.3. The standard InChI is InChI=1S/C19H24N2O2/c22-12-13-4-3-9-21(11-13)19(23)14-7-8-18-16(10-14)15-5-1-2-6-17(15)20-18/h7-8,10,13,20,22H,1-6,9,11-12H2. The van der Waals surface area contributed by atoms with Crippen molar-refractivity contribution in [1.82, 2.24) is 9.88 Å². The van der Waals surface area contributed by atoms with E-state index in [1.54, 1.807) is 0 Å². The van der Waals surface area contributed by atoms with Gasteiger partial charge >= 0.3 is 0 Å². The summed E-state index contributed by atoms with van der Waals surface area (Å²) in [6.45, 7) is 1.66. The van der Waals surface area contributed by atoms with E-state index in [9.17, 15) is 9.90 Å². The van der Waals surface area contributed by atoms with Crippen molar-refractivity contribution in [1.29, 1.82) is 0 Å². The molecular weight excluding hydrogens is 288 g/mol. The van der Waals surface area contributed by atoms with Gasteiger partial charge in [0.05, 0.1) is 0 Å². The number of hydrogen-bond acceptors (Lipinski definition) is 2. The molecule has 0 spiro atoms. The second kappa shape index (κ2) is 6.00. The topological polar surface area (TPSA) is 56.3 Å². The summed E-state index contributed by atoms with van der Waals surface area (Å²) in [4.78, 5) is 18.3. The maximum Gasteiger partial charge on any atom is 0.253 e. The molecule has 0 saturated carbocycles. The Labute approximate surface area is 136 Å². The van der Waals surface area contributed by atoms with Crippen molar-refractivity contribution < 1.29 is 9.90 Å². The van der Waals surface area contributed by atoms with Gasteiger partial charge in [-0.15, -0.1) is 0 Å². The summed E-state index contributed by atoms with van der Waals surface area (Å²) >= 11 is 0. The predicted octanol–water partition coefficient (Wildman–Crippen LogP) is 2.89. The average Bonchev–Trinajstić information content (AvgIpc) is 2.99. The summed E-state index contributed by atoms with van der Waals surface area (Å²) in [5, 5.41) is 10.6. The van der Waals surface area contributed by atoms with E-state index in [0.717, 1.165) is 43.3 Å². The molecule has 1 amide bonds. The van der Waals surface area contributed by atoms with E-state index in [1.165, 1.54) is 29.5 Å². The minimum absolute atomic E-state index is 0.107. The molecule has 1 saturated heterocycles. The van der Waals surface area contributed by atoms with Gasteiger partial charge < -0.3 is 15.0 Å². The molecule has 4 rings (SSSR count). The Hall–Kier alpha value is -1.81. The van der Waals surface area contributed by atoms with Crippen LogP contribution in [0.3, 0.4) is 0 Å². The van der Waals surface area contributed by atoms with Crippen LogP contribution in [-0.2, 0) is 12.8 Å². The van der Waals surface area contributed by atoms with E-state index in [-0.39, 0.29) is 18.4 Å². The van der Waals surface area contributed by atoms with Gasteiger partial charge in [0.15, 0.2) is 0 Å². The van der Waals surface area contributed by atoms with Crippen LogP contribution in [0.2, 0.25) is 0 Å². The fourth-order valence-electron chi connectivity index (χ4n) is 4.12. The average molecular weight is 312 g/mol. The Bertz CT molecular complexity index is 734. The molecule has 2 aliphatic rings. The van der Waals surface area contributed by atoms with Gasteiger partial charge in [-0.05, 0) is 68.2 Å². The number of carbonyl (C=O) groups is 1. The minimum atomic E-state index is 0.107. The van der Waals surface area contributed by atoms with Gasteiger partial charge in [-0.3, -0.25) is 4.79 Å². The molecular formula is C19H24N2O2. The Kier molecular flexibility index (Phi) is 3.85. The van der Waals surface area contributed by atoms with Crippen LogP contribution in [-0.4, -0.2) is 40.6 Å². The minimum Gasteiger partial charge on any atom is -0.396 e. The number of nitrogens with one attached hydrogen (secondary N) is 1. The van der Waals surface area contributed by atoms with Crippen molar-refractivity contribution in [2.45, 2.75) is 38.5 Å². The molecule has 4 nitrogen and oxygen atoms in total. The van der Waals surface area contributed by atoms with E-state index in [1.807, 2.05) is 17.0 Å². The highest BCUT2D eigenvalue weighted by molar-refractivity contribution is 5.99. The maximum absolute atomic E-state index is 12.8. The molecule has 0 radical (unpaired) electrons. The highest BCUT2D eigenvalue weighted by Gasteiger charge is 2.25. The molecule has 122 valence electrons. The number of benzene rings is 1. The first-order valence-electron chi connectivity index (χ1n) is 8.80. The van der Waals surface area contributed by atoms with Crippen molar-refractivity contribution in [3.05, 3.63) is 35.0 Å².